The van der Waals surface area contributed by atoms with Crippen molar-refractivity contribution in [1.29, 1.82) is 0 Å². The SMILES string of the molecule is C[C@H]1Cc2cc([N+](=O)[O-])ccc2N1C(=O)c1ccccn1. The first-order chi connectivity index (χ1) is 10.1. The predicted molar refractivity (Wildman–Crippen MR) is 77.3 cm³/mol. The fourth-order valence-electron chi connectivity index (χ4n) is 2.65. The van der Waals surface area contributed by atoms with Crippen LogP contribution in [0.1, 0.15) is 23.0 Å². The van der Waals surface area contributed by atoms with Crippen molar-refractivity contribution >= 4 is 17.3 Å². The summed E-state index contributed by atoms with van der Waals surface area (Å²) in [4.78, 5) is 28.7. The molecule has 1 aliphatic rings. The van der Waals surface area contributed by atoms with Crippen LogP contribution in [0.2, 0.25) is 0 Å². The average Bonchev–Trinajstić information content (AvgIpc) is 2.82. The average molecular weight is 283 g/mol. The van der Waals surface area contributed by atoms with Gasteiger partial charge in [-0.3, -0.25) is 19.9 Å². The molecule has 2 heterocycles. The molecule has 0 radical (unpaired) electrons. The minimum Gasteiger partial charge on any atom is -0.304 e. The molecular weight excluding hydrogens is 270 g/mol. The zero-order valence-corrected chi connectivity index (χ0v) is 11.4. The molecule has 1 aromatic carbocycles. The summed E-state index contributed by atoms with van der Waals surface area (Å²) in [5.74, 6) is -0.185. The smallest absolute Gasteiger partial charge is 0.277 e. The molecule has 1 amide bonds. The molecule has 3 rings (SSSR count). The molecule has 0 bridgehead atoms. The van der Waals surface area contributed by atoms with E-state index in [4.69, 9.17) is 0 Å². The first-order valence-corrected chi connectivity index (χ1v) is 6.60. The van der Waals surface area contributed by atoms with Crippen molar-refractivity contribution in [1.82, 2.24) is 4.98 Å². The molecule has 0 N–H and O–H groups in total. The molecule has 0 aliphatic carbocycles. The highest BCUT2D eigenvalue weighted by atomic mass is 16.6. The number of nitrogens with zero attached hydrogens (tertiary/aromatic N) is 3. The minimum atomic E-state index is -0.422. The van der Waals surface area contributed by atoms with E-state index in [9.17, 15) is 14.9 Å². The summed E-state index contributed by atoms with van der Waals surface area (Å²) in [5, 5.41) is 10.8. The van der Waals surface area contributed by atoms with Gasteiger partial charge in [0.05, 0.1) is 4.92 Å². The monoisotopic (exact) mass is 283 g/mol. The maximum Gasteiger partial charge on any atom is 0.277 e. The second-order valence-corrected chi connectivity index (χ2v) is 5.01. The number of hydrogen-bond acceptors (Lipinski definition) is 4. The van der Waals surface area contributed by atoms with Crippen LogP contribution in [0.3, 0.4) is 0 Å². The lowest BCUT2D eigenvalue weighted by Crippen LogP contribution is -2.36. The van der Waals surface area contributed by atoms with Gasteiger partial charge in [0.2, 0.25) is 0 Å². The highest BCUT2D eigenvalue weighted by Crippen LogP contribution is 2.35. The van der Waals surface area contributed by atoms with Crippen LogP contribution in [0, 0.1) is 10.1 Å². The van der Waals surface area contributed by atoms with Crippen molar-refractivity contribution in [2.24, 2.45) is 0 Å². The standard InChI is InChI=1S/C15H13N3O3/c1-10-8-11-9-12(18(20)21)5-6-14(11)17(10)15(19)13-4-2-3-7-16-13/h2-7,9-10H,8H2,1H3/t10-/m0/s1. The van der Waals surface area contributed by atoms with E-state index in [0.29, 0.717) is 12.1 Å². The summed E-state index contributed by atoms with van der Waals surface area (Å²) >= 11 is 0. The van der Waals surface area contributed by atoms with Gasteiger partial charge in [-0.25, -0.2) is 0 Å². The molecule has 1 atom stereocenters. The van der Waals surface area contributed by atoms with Gasteiger partial charge < -0.3 is 4.90 Å². The second kappa shape index (κ2) is 4.97. The molecule has 0 spiro atoms. The van der Waals surface area contributed by atoms with Crippen LogP contribution in [0.4, 0.5) is 11.4 Å². The van der Waals surface area contributed by atoms with Crippen LogP contribution < -0.4 is 4.90 Å². The van der Waals surface area contributed by atoms with Gasteiger partial charge >= 0.3 is 0 Å². The van der Waals surface area contributed by atoms with E-state index < -0.39 is 4.92 Å². The van der Waals surface area contributed by atoms with Crippen molar-refractivity contribution in [3.63, 3.8) is 0 Å². The number of pyridine rings is 1. The first-order valence-electron chi connectivity index (χ1n) is 6.60. The number of benzene rings is 1. The number of amides is 1. The Kier molecular flexibility index (Phi) is 3.13. The van der Waals surface area contributed by atoms with Crippen LogP contribution in [0.15, 0.2) is 42.6 Å². The summed E-state index contributed by atoms with van der Waals surface area (Å²) in [6.07, 6.45) is 2.18. The second-order valence-electron chi connectivity index (χ2n) is 5.01. The summed E-state index contributed by atoms with van der Waals surface area (Å²) in [7, 11) is 0. The topological polar surface area (TPSA) is 76.3 Å². The summed E-state index contributed by atoms with van der Waals surface area (Å²) in [6, 6.07) is 9.74. The van der Waals surface area contributed by atoms with Gasteiger partial charge in [-0.05, 0) is 37.1 Å². The summed E-state index contributed by atoms with van der Waals surface area (Å²) in [6.45, 7) is 1.92. The van der Waals surface area contributed by atoms with Crippen molar-refractivity contribution < 1.29 is 9.72 Å². The van der Waals surface area contributed by atoms with Crippen LogP contribution in [-0.4, -0.2) is 21.9 Å². The molecular formula is C15H13N3O3. The lowest BCUT2D eigenvalue weighted by Gasteiger charge is -2.22. The number of anilines is 1. The van der Waals surface area contributed by atoms with Gasteiger partial charge in [0, 0.05) is 30.1 Å². The first kappa shape index (κ1) is 13.2. The fourth-order valence-corrected chi connectivity index (χ4v) is 2.65. The van der Waals surface area contributed by atoms with E-state index >= 15 is 0 Å². The summed E-state index contributed by atoms with van der Waals surface area (Å²) in [5.41, 5.74) is 1.97. The van der Waals surface area contributed by atoms with Gasteiger partial charge in [0.1, 0.15) is 5.69 Å². The van der Waals surface area contributed by atoms with Gasteiger partial charge in [0.25, 0.3) is 11.6 Å². The Hall–Kier alpha value is -2.76. The third-order valence-electron chi connectivity index (χ3n) is 3.59. The highest BCUT2D eigenvalue weighted by Gasteiger charge is 2.33. The largest absolute Gasteiger partial charge is 0.304 e. The van der Waals surface area contributed by atoms with E-state index in [1.54, 1.807) is 35.4 Å². The maximum absolute atomic E-state index is 12.6. The van der Waals surface area contributed by atoms with Gasteiger partial charge in [-0.2, -0.15) is 0 Å². The maximum atomic E-state index is 12.6. The minimum absolute atomic E-state index is 0.0449. The number of nitro groups is 1. The number of non-ortho nitro benzene ring substituents is 1. The van der Waals surface area contributed by atoms with Gasteiger partial charge in [0.15, 0.2) is 0 Å². The number of aromatic nitrogens is 1. The Balaban J connectivity index is 1.99. The predicted octanol–water partition coefficient (Wildman–Crippen LogP) is 2.58. The molecule has 0 unspecified atom stereocenters. The number of rotatable bonds is 2. The van der Waals surface area contributed by atoms with Crippen LogP contribution in [0.25, 0.3) is 0 Å². The van der Waals surface area contributed by atoms with Crippen LogP contribution in [-0.2, 0) is 6.42 Å². The number of carbonyl (C=O) groups excluding carboxylic acids is 1. The van der Waals surface area contributed by atoms with E-state index in [2.05, 4.69) is 4.98 Å². The van der Waals surface area contributed by atoms with Gasteiger partial charge in [-0.15, -0.1) is 0 Å². The molecule has 0 fully saturated rings. The molecule has 0 saturated carbocycles. The number of fused-ring (bicyclic) bond motifs is 1. The molecule has 6 heteroatoms. The zero-order chi connectivity index (χ0) is 15.0. The molecule has 0 saturated heterocycles. The number of hydrogen-bond donors (Lipinski definition) is 0. The lowest BCUT2D eigenvalue weighted by atomic mass is 10.1. The van der Waals surface area contributed by atoms with Crippen molar-refractivity contribution in [3.05, 3.63) is 64.0 Å². The van der Waals surface area contributed by atoms with E-state index in [0.717, 1.165) is 11.3 Å². The van der Waals surface area contributed by atoms with E-state index in [1.807, 2.05) is 6.92 Å². The normalized spacial score (nSPS) is 16.6. The van der Waals surface area contributed by atoms with Crippen molar-refractivity contribution in [2.75, 3.05) is 4.90 Å². The van der Waals surface area contributed by atoms with Crippen LogP contribution in [0.5, 0.6) is 0 Å². The Morgan fingerprint density at radius 2 is 2.19 bits per heavy atom. The third kappa shape index (κ3) is 2.24. The van der Waals surface area contributed by atoms with Crippen molar-refractivity contribution in [2.45, 2.75) is 19.4 Å². The number of carbonyl (C=O) groups is 1. The molecule has 6 nitrogen and oxygen atoms in total. The quantitative estimate of drug-likeness (QED) is 0.627. The number of nitro benzene ring substituents is 1. The zero-order valence-electron chi connectivity index (χ0n) is 11.4. The molecule has 106 valence electrons. The molecule has 1 aromatic heterocycles. The molecule has 21 heavy (non-hydrogen) atoms. The Morgan fingerprint density at radius 3 is 2.86 bits per heavy atom. The Morgan fingerprint density at radius 1 is 1.38 bits per heavy atom. The third-order valence-corrected chi connectivity index (χ3v) is 3.59. The molecule has 1 aliphatic heterocycles. The van der Waals surface area contributed by atoms with E-state index in [-0.39, 0.29) is 17.6 Å². The highest BCUT2D eigenvalue weighted by molar-refractivity contribution is 6.06. The summed E-state index contributed by atoms with van der Waals surface area (Å²) < 4.78 is 0. The molecule has 2 aromatic rings. The van der Waals surface area contributed by atoms with Crippen molar-refractivity contribution in [3.8, 4) is 0 Å². The Bertz CT molecular complexity index is 715. The fraction of sp³-hybridized carbons (Fsp3) is 0.200. The van der Waals surface area contributed by atoms with E-state index in [1.165, 1.54) is 12.1 Å². The van der Waals surface area contributed by atoms with Gasteiger partial charge in [-0.1, -0.05) is 6.07 Å². The Labute approximate surface area is 121 Å². The lowest BCUT2D eigenvalue weighted by molar-refractivity contribution is -0.384. The van der Waals surface area contributed by atoms with Crippen LogP contribution >= 0.6 is 0 Å².